The number of nitrogens with one attached hydrogen (secondary N) is 1. The highest BCUT2D eigenvalue weighted by atomic mass is 32.2. The smallest absolute Gasteiger partial charge is 0.282 e. The molecule has 10 nitrogen and oxygen atoms in total. The minimum atomic E-state index is -3.31. The van der Waals surface area contributed by atoms with Crippen LogP contribution >= 0.6 is 11.3 Å². The third-order valence-electron chi connectivity index (χ3n) is 4.25. The summed E-state index contributed by atoms with van der Waals surface area (Å²) in [7, 11) is -3.31. The Balaban J connectivity index is 1.42. The Morgan fingerprint density at radius 1 is 1.30 bits per heavy atom. The maximum atomic E-state index is 12.4. The second kappa shape index (κ2) is 8.40. The van der Waals surface area contributed by atoms with E-state index in [2.05, 4.69) is 30.5 Å². The molecule has 1 amide bonds. The summed E-state index contributed by atoms with van der Waals surface area (Å²) in [5.74, 6) is -0.0757. The van der Waals surface area contributed by atoms with Gasteiger partial charge in [-0.05, 0) is 31.9 Å². The van der Waals surface area contributed by atoms with E-state index in [0.29, 0.717) is 41.7 Å². The van der Waals surface area contributed by atoms with E-state index < -0.39 is 15.7 Å². The van der Waals surface area contributed by atoms with Crippen LogP contribution in [0.5, 0.6) is 5.88 Å². The van der Waals surface area contributed by atoms with Crippen LogP contribution in [0.4, 0.5) is 0 Å². The van der Waals surface area contributed by atoms with E-state index in [1.165, 1.54) is 30.7 Å². The fraction of sp³-hybridized carbons (Fsp3) is 0.333. The summed E-state index contributed by atoms with van der Waals surface area (Å²) >= 11 is 1.07. The first-order chi connectivity index (χ1) is 14.5. The number of ether oxygens (including phenoxy) is 1. The second-order valence-electron chi connectivity index (χ2n) is 6.50. The molecule has 0 radical (unpaired) electrons. The summed E-state index contributed by atoms with van der Waals surface area (Å²) < 4.78 is 30.0. The van der Waals surface area contributed by atoms with Crippen LogP contribution in [0.25, 0.3) is 10.7 Å². The number of sulfone groups is 1. The number of pyridine rings is 1. The Kier molecular flexibility index (Phi) is 5.68. The number of hydrogen-bond donors (Lipinski definition) is 1. The number of hydrogen-bond acceptors (Lipinski definition) is 10. The van der Waals surface area contributed by atoms with E-state index in [1.807, 2.05) is 6.92 Å². The highest BCUT2D eigenvalue weighted by Gasteiger charge is 2.37. The molecule has 1 aliphatic carbocycles. The Bertz CT molecular complexity index is 1180. The lowest BCUT2D eigenvalue weighted by Gasteiger charge is -2.06. The van der Waals surface area contributed by atoms with Gasteiger partial charge in [0.25, 0.3) is 5.91 Å². The van der Waals surface area contributed by atoms with Crippen LogP contribution < -0.4 is 10.1 Å². The van der Waals surface area contributed by atoms with Crippen LogP contribution in [-0.2, 0) is 16.4 Å². The SMILES string of the molecule is CCOc1cncc(-c2nnc(C(=O)NCc3cc(S(=O)(=O)C4CC4)ccn3)s2)n1. The molecule has 0 unspecified atom stereocenters. The summed E-state index contributed by atoms with van der Waals surface area (Å²) in [5, 5.41) is 10.9. The molecule has 156 valence electrons. The zero-order chi connectivity index (χ0) is 21.1. The Morgan fingerprint density at radius 3 is 2.90 bits per heavy atom. The van der Waals surface area contributed by atoms with Crippen molar-refractivity contribution in [2.75, 3.05) is 6.61 Å². The first kappa shape index (κ1) is 20.3. The highest BCUT2D eigenvalue weighted by molar-refractivity contribution is 7.92. The maximum absolute atomic E-state index is 12.4. The predicted molar refractivity (Wildman–Crippen MR) is 108 cm³/mol. The number of rotatable bonds is 8. The average molecular weight is 447 g/mol. The lowest BCUT2D eigenvalue weighted by Crippen LogP contribution is -2.23. The summed E-state index contributed by atoms with van der Waals surface area (Å²) in [6.07, 6.45) is 5.82. The van der Waals surface area contributed by atoms with Crippen molar-refractivity contribution in [3.63, 3.8) is 0 Å². The van der Waals surface area contributed by atoms with Gasteiger partial charge < -0.3 is 10.1 Å². The molecule has 0 aromatic carbocycles. The van der Waals surface area contributed by atoms with E-state index in [1.54, 1.807) is 0 Å². The van der Waals surface area contributed by atoms with Crippen molar-refractivity contribution in [2.45, 2.75) is 36.5 Å². The summed E-state index contributed by atoms with van der Waals surface area (Å²) in [5.41, 5.74) is 0.905. The van der Waals surface area contributed by atoms with Crippen LogP contribution in [0.1, 0.15) is 35.3 Å². The molecule has 0 aliphatic heterocycles. The first-order valence-corrected chi connectivity index (χ1v) is 11.6. The quantitative estimate of drug-likeness (QED) is 0.547. The summed E-state index contributed by atoms with van der Waals surface area (Å²) in [6.45, 7) is 2.37. The minimum absolute atomic E-state index is 0.0708. The third-order valence-corrected chi connectivity index (χ3v) is 7.46. The molecule has 4 rings (SSSR count). The fourth-order valence-electron chi connectivity index (χ4n) is 2.63. The van der Waals surface area contributed by atoms with Gasteiger partial charge in [0.1, 0.15) is 5.69 Å². The Morgan fingerprint density at radius 2 is 2.13 bits per heavy atom. The molecule has 0 spiro atoms. The van der Waals surface area contributed by atoms with Gasteiger partial charge in [0.2, 0.25) is 10.9 Å². The van der Waals surface area contributed by atoms with Crippen LogP contribution in [0.3, 0.4) is 0 Å². The van der Waals surface area contributed by atoms with E-state index in [4.69, 9.17) is 4.74 Å². The molecule has 12 heteroatoms. The van der Waals surface area contributed by atoms with Crippen molar-refractivity contribution in [2.24, 2.45) is 0 Å². The van der Waals surface area contributed by atoms with E-state index in [-0.39, 0.29) is 21.7 Å². The van der Waals surface area contributed by atoms with Gasteiger partial charge in [-0.3, -0.25) is 14.8 Å². The average Bonchev–Trinajstić information content (AvgIpc) is 3.50. The van der Waals surface area contributed by atoms with E-state index >= 15 is 0 Å². The molecule has 0 atom stereocenters. The molecular weight excluding hydrogens is 428 g/mol. The number of aromatic nitrogens is 5. The maximum Gasteiger partial charge on any atom is 0.282 e. The fourth-order valence-corrected chi connectivity index (χ4v) is 5.04. The molecule has 30 heavy (non-hydrogen) atoms. The lowest BCUT2D eigenvalue weighted by molar-refractivity contribution is 0.0949. The molecule has 1 fully saturated rings. The number of carbonyl (C=O) groups is 1. The third kappa shape index (κ3) is 4.44. The molecule has 3 heterocycles. The second-order valence-corrected chi connectivity index (χ2v) is 9.70. The molecule has 3 aromatic rings. The molecule has 3 aromatic heterocycles. The van der Waals surface area contributed by atoms with Crippen molar-refractivity contribution >= 4 is 27.1 Å². The standard InChI is InChI=1S/C18H18N6O4S2/c1-2-28-15-10-19-9-14(22-15)17-23-24-18(29-17)16(25)21-8-11-7-13(5-6-20-11)30(26,27)12-3-4-12/h5-7,9-10,12H,2-4,8H2,1H3,(H,21,25). The van der Waals surface area contributed by atoms with Crippen LogP contribution in [-0.4, -0.2) is 51.3 Å². The molecule has 0 saturated heterocycles. The van der Waals surface area contributed by atoms with Crippen molar-refractivity contribution < 1.29 is 17.9 Å². The molecular formula is C18H18N6O4S2. The molecule has 1 N–H and O–H groups in total. The van der Waals surface area contributed by atoms with Crippen molar-refractivity contribution in [1.29, 1.82) is 0 Å². The van der Waals surface area contributed by atoms with Gasteiger partial charge >= 0.3 is 0 Å². The predicted octanol–water partition coefficient (Wildman–Crippen LogP) is 1.65. The molecule has 1 saturated carbocycles. The largest absolute Gasteiger partial charge is 0.477 e. The lowest BCUT2D eigenvalue weighted by atomic mass is 10.3. The van der Waals surface area contributed by atoms with Gasteiger partial charge in [0.05, 0.1) is 41.4 Å². The van der Waals surface area contributed by atoms with Crippen molar-refractivity contribution in [3.8, 4) is 16.6 Å². The number of nitrogens with zero attached hydrogens (tertiary/aromatic N) is 5. The van der Waals surface area contributed by atoms with Gasteiger partial charge in [-0.1, -0.05) is 11.3 Å². The normalized spacial score (nSPS) is 13.8. The van der Waals surface area contributed by atoms with Crippen molar-refractivity contribution in [3.05, 3.63) is 41.4 Å². The first-order valence-electron chi connectivity index (χ1n) is 9.23. The van der Waals surface area contributed by atoms with Gasteiger partial charge in [0.15, 0.2) is 14.8 Å². The van der Waals surface area contributed by atoms with E-state index in [9.17, 15) is 13.2 Å². The number of amides is 1. The summed E-state index contributed by atoms with van der Waals surface area (Å²) in [4.78, 5) is 25.1. The van der Waals surface area contributed by atoms with Crippen LogP contribution in [0.15, 0.2) is 35.6 Å². The highest BCUT2D eigenvalue weighted by Crippen LogP contribution is 2.33. The Hall–Kier alpha value is -2.99. The topological polar surface area (TPSA) is 137 Å². The van der Waals surface area contributed by atoms with Crippen molar-refractivity contribution in [1.82, 2.24) is 30.5 Å². The van der Waals surface area contributed by atoms with Gasteiger partial charge in [0, 0.05) is 6.20 Å². The van der Waals surface area contributed by atoms with Crippen LogP contribution in [0.2, 0.25) is 0 Å². The zero-order valence-electron chi connectivity index (χ0n) is 16.0. The van der Waals surface area contributed by atoms with E-state index in [0.717, 1.165) is 11.3 Å². The minimum Gasteiger partial charge on any atom is -0.477 e. The van der Waals surface area contributed by atoms with Gasteiger partial charge in [-0.15, -0.1) is 10.2 Å². The van der Waals surface area contributed by atoms with Crippen LogP contribution in [0, 0.1) is 0 Å². The molecule has 0 bridgehead atoms. The number of carbonyl (C=O) groups excluding carboxylic acids is 1. The molecule has 1 aliphatic rings. The van der Waals surface area contributed by atoms with Gasteiger partial charge in [-0.25, -0.2) is 13.4 Å². The van der Waals surface area contributed by atoms with Gasteiger partial charge in [-0.2, -0.15) is 0 Å². The monoisotopic (exact) mass is 446 g/mol. The zero-order valence-corrected chi connectivity index (χ0v) is 17.6. The summed E-state index contributed by atoms with van der Waals surface area (Å²) in [6, 6.07) is 2.97. The Labute approximate surface area is 176 Å².